The Morgan fingerprint density at radius 3 is 2.79 bits per heavy atom. The molecule has 1 aromatic rings. The van der Waals surface area contributed by atoms with Crippen molar-refractivity contribution in [1.82, 2.24) is 0 Å². The maximum Gasteiger partial charge on any atom is 0.177 e. The first-order chi connectivity index (χ1) is 6.68. The van der Waals surface area contributed by atoms with E-state index in [9.17, 15) is 0 Å². The van der Waals surface area contributed by atoms with Gasteiger partial charge in [0.1, 0.15) is 5.84 Å². The van der Waals surface area contributed by atoms with E-state index in [0.29, 0.717) is 5.84 Å². The first kappa shape index (κ1) is 9.21. The number of aliphatic imine (C=N–C) groups is 1. The van der Waals surface area contributed by atoms with Gasteiger partial charge in [-0.3, -0.25) is 0 Å². The van der Waals surface area contributed by atoms with Crippen LogP contribution in [-0.4, -0.2) is 11.9 Å². The second kappa shape index (κ2) is 3.42. The number of benzene rings is 1. The van der Waals surface area contributed by atoms with Gasteiger partial charge in [-0.2, -0.15) is 0 Å². The van der Waals surface area contributed by atoms with Crippen LogP contribution < -0.4 is 5.73 Å². The van der Waals surface area contributed by atoms with Crippen molar-refractivity contribution in [2.45, 2.75) is 26.2 Å². The first-order valence-electron chi connectivity index (χ1n) is 4.76. The summed E-state index contributed by atoms with van der Waals surface area (Å²) < 4.78 is 5.64. The summed E-state index contributed by atoms with van der Waals surface area (Å²) in [5.74, 6) is 0.575. The average molecular weight is 190 g/mol. The van der Waals surface area contributed by atoms with E-state index in [4.69, 9.17) is 10.5 Å². The summed E-state index contributed by atoms with van der Waals surface area (Å²) in [5, 5.41) is 0. The highest BCUT2D eigenvalue weighted by Crippen LogP contribution is 2.29. The Balaban J connectivity index is 2.32. The van der Waals surface area contributed by atoms with Gasteiger partial charge in [-0.25, -0.2) is 4.99 Å². The minimum Gasteiger partial charge on any atom is -0.383 e. The van der Waals surface area contributed by atoms with Crippen molar-refractivity contribution in [2.24, 2.45) is 10.7 Å². The van der Waals surface area contributed by atoms with Crippen LogP contribution in [0.15, 0.2) is 29.3 Å². The lowest BCUT2D eigenvalue weighted by Crippen LogP contribution is -2.09. The van der Waals surface area contributed by atoms with Crippen molar-refractivity contribution in [3.8, 4) is 0 Å². The Kier molecular flexibility index (Phi) is 2.25. The van der Waals surface area contributed by atoms with Crippen molar-refractivity contribution < 1.29 is 4.74 Å². The molecule has 1 aliphatic heterocycles. The average Bonchev–Trinajstić information content (AvgIpc) is 2.44. The van der Waals surface area contributed by atoms with Gasteiger partial charge in [-0.1, -0.05) is 24.3 Å². The lowest BCUT2D eigenvalue weighted by atomic mass is 10.1. The summed E-state index contributed by atoms with van der Waals surface area (Å²) in [6, 6.07) is 7.91. The summed E-state index contributed by atoms with van der Waals surface area (Å²) in [5.41, 5.74) is 7.85. The lowest BCUT2D eigenvalue weighted by molar-refractivity contribution is 0.0140. The van der Waals surface area contributed by atoms with E-state index < -0.39 is 0 Å². The van der Waals surface area contributed by atoms with Crippen molar-refractivity contribution in [3.63, 3.8) is 0 Å². The number of ether oxygens (including phenoxy) is 1. The quantitative estimate of drug-likeness (QED) is 0.773. The lowest BCUT2D eigenvalue weighted by Gasteiger charge is -2.13. The zero-order chi connectivity index (χ0) is 10.1. The van der Waals surface area contributed by atoms with E-state index in [1.54, 1.807) is 0 Å². The largest absolute Gasteiger partial charge is 0.383 e. The van der Waals surface area contributed by atoms with Crippen molar-refractivity contribution in [2.75, 3.05) is 0 Å². The van der Waals surface area contributed by atoms with Crippen LogP contribution in [0, 0.1) is 0 Å². The molecule has 3 heteroatoms. The first-order valence-corrected chi connectivity index (χ1v) is 4.76. The normalized spacial score (nSPS) is 19.6. The fourth-order valence-electron chi connectivity index (χ4n) is 1.57. The molecule has 1 atom stereocenters. The molecule has 0 aliphatic carbocycles. The maximum atomic E-state index is 5.78. The number of rotatable bonds is 2. The molecule has 1 heterocycles. The highest BCUT2D eigenvalue weighted by molar-refractivity contribution is 6.01. The standard InChI is InChI=1S/C11H14N2O/c1-7(2)14-11-9-6-4-3-5-8(9)10(12)13-11/h3-7,11H,1-2H3,(H2,12,13). The molecule has 2 N–H and O–H groups in total. The second-order valence-electron chi connectivity index (χ2n) is 3.64. The predicted octanol–water partition coefficient (Wildman–Crippen LogP) is 1.83. The minimum absolute atomic E-state index is 0.155. The van der Waals surface area contributed by atoms with Gasteiger partial charge in [0, 0.05) is 11.1 Å². The maximum absolute atomic E-state index is 5.78. The van der Waals surface area contributed by atoms with Crippen LogP contribution in [0.3, 0.4) is 0 Å². The van der Waals surface area contributed by atoms with Gasteiger partial charge in [0.15, 0.2) is 6.23 Å². The SMILES string of the molecule is CC(C)OC1N=C(N)c2ccccc21. The van der Waals surface area contributed by atoms with Crippen LogP contribution in [0.1, 0.15) is 31.2 Å². The Morgan fingerprint density at radius 2 is 2.07 bits per heavy atom. The molecule has 0 spiro atoms. The molecular formula is C11H14N2O. The van der Waals surface area contributed by atoms with Crippen LogP contribution in [0.25, 0.3) is 0 Å². The molecular weight excluding hydrogens is 176 g/mol. The second-order valence-corrected chi connectivity index (χ2v) is 3.64. The topological polar surface area (TPSA) is 47.6 Å². The van der Waals surface area contributed by atoms with Crippen molar-refractivity contribution >= 4 is 5.84 Å². The number of fused-ring (bicyclic) bond motifs is 1. The zero-order valence-electron chi connectivity index (χ0n) is 8.40. The van der Waals surface area contributed by atoms with Crippen LogP contribution in [0.2, 0.25) is 0 Å². The molecule has 74 valence electrons. The number of amidine groups is 1. The molecule has 0 radical (unpaired) electrons. The Bertz CT molecular complexity index is 371. The van der Waals surface area contributed by atoms with Crippen molar-refractivity contribution in [1.29, 1.82) is 0 Å². The Hall–Kier alpha value is -1.35. The van der Waals surface area contributed by atoms with Gasteiger partial charge in [-0.15, -0.1) is 0 Å². The molecule has 0 fully saturated rings. The highest BCUT2D eigenvalue weighted by atomic mass is 16.5. The molecule has 0 amide bonds. The third-order valence-electron chi connectivity index (χ3n) is 2.16. The predicted molar refractivity (Wildman–Crippen MR) is 56.1 cm³/mol. The fourth-order valence-corrected chi connectivity index (χ4v) is 1.57. The Morgan fingerprint density at radius 1 is 1.36 bits per heavy atom. The van der Waals surface area contributed by atoms with Gasteiger partial charge >= 0.3 is 0 Å². The van der Waals surface area contributed by atoms with E-state index >= 15 is 0 Å². The number of hydrogen-bond acceptors (Lipinski definition) is 3. The van der Waals surface area contributed by atoms with Crippen LogP contribution in [0.5, 0.6) is 0 Å². The molecule has 0 saturated heterocycles. The smallest absolute Gasteiger partial charge is 0.177 e. The molecule has 0 saturated carbocycles. The molecule has 14 heavy (non-hydrogen) atoms. The van der Waals surface area contributed by atoms with Crippen LogP contribution in [-0.2, 0) is 4.74 Å². The molecule has 3 nitrogen and oxygen atoms in total. The molecule has 1 aliphatic rings. The number of nitrogens with zero attached hydrogens (tertiary/aromatic N) is 1. The van der Waals surface area contributed by atoms with Crippen LogP contribution >= 0.6 is 0 Å². The van der Waals surface area contributed by atoms with Gasteiger partial charge < -0.3 is 10.5 Å². The van der Waals surface area contributed by atoms with Gasteiger partial charge in [0.25, 0.3) is 0 Å². The number of hydrogen-bond donors (Lipinski definition) is 1. The Labute approximate surface area is 83.6 Å². The summed E-state index contributed by atoms with van der Waals surface area (Å²) in [7, 11) is 0. The third kappa shape index (κ3) is 1.51. The van der Waals surface area contributed by atoms with E-state index in [0.717, 1.165) is 11.1 Å². The van der Waals surface area contributed by atoms with Gasteiger partial charge in [0.2, 0.25) is 0 Å². The minimum atomic E-state index is -0.216. The summed E-state index contributed by atoms with van der Waals surface area (Å²) in [6.45, 7) is 3.99. The highest BCUT2D eigenvalue weighted by Gasteiger charge is 2.23. The molecule has 2 rings (SSSR count). The monoisotopic (exact) mass is 190 g/mol. The van der Waals surface area contributed by atoms with Crippen LogP contribution in [0.4, 0.5) is 0 Å². The zero-order valence-corrected chi connectivity index (χ0v) is 8.40. The molecule has 1 aromatic carbocycles. The van der Waals surface area contributed by atoms with E-state index in [-0.39, 0.29) is 12.3 Å². The summed E-state index contributed by atoms with van der Waals surface area (Å²) in [4.78, 5) is 4.27. The van der Waals surface area contributed by atoms with Crippen molar-refractivity contribution in [3.05, 3.63) is 35.4 Å². The van der Waals surface area contributed by atoms with E-state index in [1.165, 1.54) is 0 Å². The molecule has 0 aromatic heterocycles. The van der Waals surface area contributed by atoms with Gasteiger partial charge in [0.05, 0.1) is 6.10 Å². The fraction of sp³-hybridized carbons (Fsp3) is 0.364. The third-order valence-corrected chi connectivity index (χ3v) is 2.16. The molecule has 0 bridgehead atoms. The van der Waals surface area contributed by atoms with E-state index in [2.05, 4.69) is 4.99 Å². The van der Waals surface area contributed by atoms with Gasteiger partial charge in [-0.05, 0) is 13.8 Å². The molecule has 1 unspecified atom stereocenters. The summed E-state index contributed by atoms with van der Waals surface area (Å²) >= 11 is 0. The summed E-state index contributed by atoms with van der Waals surface area (Å²) in [6.07, 6.45) is -0.0612. The number of nitrogens with two attached hydrogens (primary N) is 1. The van der Waals surface area contributed by atoms with E-state index in [1.807, 2.05) is 38.1 Å².